The van der Waals surface area contributed by atoms with Gasteiger partial charge in [-0.2, -0.15) is 0 Å². The zero-order valence-corrected chi connectivity index (χ0v) is 13.1. The molecule has 2 N–H and O–H groups in total. The maximum absolute atomic E-state index is 6.50. The van der Waals surface area contributed by atoms with Gasteiger partial charge in [-0.1, -0.05) is 51.0 Å². The van der Waals surface area contributed by atoms with Crippen molar-refractivity contribution in [1.82, 2.24) is 0 Å². The number of nitrogens with two attached hydrogens (primary N) is 1. The van der Waals surface area contributed by atoms with E-state index in [1.807, 2.05) is 0 Å². The Hall–Kier alpha value is -0.860. The first-order valence-electron chi connectivity index (χ1n) is 8.10. The third-order valence-electron chi connectivity index (χ3n) is 4.71. The van der Waals surface area contributed by atoms with Gasteiger partial charge in [0.2, 0.25) is 0 Å². The fourth-order valence-corrected chi connectivity index (χ4v) is 3.20. The van der Waals surface area contributed by atoms with E-state index in [9.17, 15) is 0 Å². The van der Waals surface area contributed by atoms with Crippen LogP contribution in [0.4, 0.5) is 0 Å². The van der Waals surface area contributed by atoms with E-state index in [-0.39, 0.29) is 12.1 Å². The minimum absolute atomic E-state index is 0.0340. The van der Waals surface area contributed by atoms with Crippen LogP contribution >= 0.6 is 0 Å². The second-order valence-corrected chi connectivity index (χ2v) is 6.29. The summed E-state index contributed by atoms with van der Waals surface area (Å²) in [6.45, 7) is 6.61. The summed E-state index contributed by atoms with van der Waals surface area (Å²) in [4.78, 5) is 0. The molecule has 4 unspecified atom stereocenters. The van der Waals surface area contributed by atoms with Gasteiger partial charge in [0, 0.05) is 6.04 Å². The van der Waals surface area contributed by atoms with Crippen molar-refractivity contribution in [2.75, 3.05) is 0 Å². The Morgan fingerprint density at radius 2 is 1.95 bits per heavy atom. The van der Waals surface area contributed by atoms with Gasteiger partial charge >= 0.3 is 0 Å². The highest BCUT2D eigenvalue weighted by Crippen LogP contribution is 2.33. The summed E-state index contributed by atoms with van der Waals surface area (Å²) >= 11 is 0. The van der Waals surface area contributed by atoms with Gasteiger partial charge in [0.1, 0.15) is 0 Å². The molecule has 0 heterocycles. The Balaban J connectivity index is 2.18. The van der Waals surface area contributed by atoms with Crippen molar-refractivity contribution in [2.45, 2.75) is 71.1 Å². The molecule has 1 fully saturated rings. The van der Waals surface area contributed by atoms with Crippen LogP contribution in [0.25, 0.3) is 0 Å². The normalized spacial score (nSPS) is 26.2. The quantitative estimate of drug-likeness (QED) is 0.866. The van der Waals surface area contributed by atoms with E-state index in [0.717, 1.165) is 6.42 Å². The molecule has 1 aromatic rings. The monoisotopic (exact) mass is 275 g/mol. The second kappa shape index (κ2) is 7.24. The van der Waals surface area contributed by atoms with Crippen LogP contribution in [-0.4, -0.2) is 12.1 Å². The van der Waals surface area contributed by atoms with Crippen LogP contribution in [0.3, 0.4) is 0 Å². The Bertz CT molecular complexity index is 418. The molecule has 0 amide bonds. The number of rotatable bonds is 5. The van der Waals surface area contributed by atoms with Crippen LogP contribution in [0.2, 0.25) is 0 Å². The molecule has 112 valence electrons. The van der Waals surface area contributed by atoms with Crippen molar-refractivity contribution >= 4 is 0 Å². The van der Waals surface area contributed by atoms with E-state index in [1.165, 1.54) is 36.8 Å². The summed E-state index contributed by atoms with van der Waals surface area (Å²) in [5.74, 6) is 0.652. The van der Waals surface area contributed by atoms with Crippen LogP contribution in [0, 0.1) is 12.8 Å². The van der Waals surface area contributed by atoms with Gasteiger partial charge in [0.15, 0.2) is 0 Å². The molecule has 1 aliphatic rings. The Morgan fingerprint density at radius 1 is 1.25 bits per heavy atom. The first kappa shape index (κ1) is 15.5. The topological polar surface area (TPSA) is 35.2 Å². The standard InChI is InChI=1S/C18H29NO/c1-4-16(19)18(15-11-7-5-9-13(15)2)20-17-12-8-6-10-14(17)3/h5,7,9,11,14,16-18H,4,6,8,10,12,19H2,1-3H3. The molecule has 0 saturated heterocycles. The first-order valence-corrected chi connectivity index (χ1v) is 8.10. The van der Waals surface area contributed by atoms with Crippen molar-refractivity contribution in [3.05, 3.63) is 35.4 Å². The molecule has 0 aromatic heterocycles. The molecule has 4 atom stereocenters. The highest BCUT2D eigenvalue weighted by Gasteiger charge is 2.29. The lowest BCUT2D eigenvalue weighted by Crippen LogP contribution is -2.36. The molecule has 0 bridgehead atoms. The second-order valence-electron chi connectivity index (χ2n) is 6.29. The lowest BCUT2D eigenvalue weighted by Gasteiger charge is -2.35. The number of hydrogen-bond donors (Lipinski definition) is 1. The van der Waals surface area contributed by atoms with Crippen LogP contribution in [-0.2, 0) is 4.74 Å². The fourth-order valence-electron chi connectivity index (χ4n) is 3.20. The summed E-state index contributed by atoms with van der Waals surface area (Å²) in [5, 5.41) is 0. The van der Waals surface area contributed by atoms with Gasteiger partial charge in [-0.25, -0.2) is 0 Å². The lowest BCUT2D eigenvalue weighted by atomic mass is 9.87. The molecule has 0 radical (unpaired) electrons. The van der Waals surface area contributed by atoms with Gasteiger partial charge in [-0.3, -0.25) is 0 Å². The van der Waals surface area contributed by atoms with Gasteiger partial charge in [0.25, 0.3) is 0 Å². The third-order valence-corrected chi connectivity index (χ3v) is 4.71. The molecule has 2 nitrogen and oxygen atoms in total. The Morgan fingerprint density at radius 3 is 2.60 bits per heavy atom. The summed E-state index contributed by atoms with van der Waals surface area (Å²) in [6, 6.07) is 8.56. The molecular weight excluding hydrogens is 246 g/mol. The summed E-state index contributed by atoms with van der Waals surface area (Å²) in [7, 11) is 0. The smallest absolute Gasteiger partial charge is 0.0982 e. The van der Waals surface area contributed by atoms with Gasteiger partial charge < -0.3 is 10.5 Å². The lowest BCUT2D eigenvalue weighted by molar-refractivity contribution is -0.0679. The number of hydrogen-bond acceptors (Lipinski definition) is 2. The Kier molecular flexibility index (Phi) is 5.62. The average molecular weight is 275 g/mol. The van der Waals surface area contributed by atoms with E-state index < -0.39 is 0 Å². The van der Waals surface area contributed by atoms with Crippen LogP contribution < -0.4 is 5.73 Å². The molecule has 1 aromatic carbocycles. The van der Waals surface area contributed by atoms with E-state index in [1.54, 1.807) is 0 Å². The molecular formula is C18H29NO. The highest BCUT2D eigenvalue weighted by atomic mass is 16.5. The molecule has 2 heteroatoms. The van der Waals surface area contributed by atoms with Crippen LogP contribution in [0.1, 0.15) is 63.2 Å². The van der Waals surface area contributed by atoms with Gasteiger partial charge in [-0.15, -0.1) is 0 Å². The van der Waals surface area contributed by atoms with E-state index in [0.29, 0.717) is 12.0 Å². The molecule has 1 aliphatic carbocycles. The van der Waals surface area contributed by atoms with Crippen molar-refractivity contribution in [3.63, 3.8) is 0 Å². The largest absolute Gasteiger partial charge is 0.368 e. The van der Waals surface area contributed by atoms with Crippen molar-refractivity contribution in [3.8, 4) is 0 Å². The molecule has 0 spiro atoms. The van der Waals surface area contributed by atoms with E-state index in [2.05, 4.69) is 45.0 Å². The van der Waals surface area contributed by atoms with Crippen LogP contribution in [0.15, 0.2) is 24.3 Å². The van der Waals surface area contributed by atoms with Gasteiger partial charge in [-0.05, 0) is 43.2 Å². The Labute approximate surface area is 123 Å². The predicted molar refractivity (Wildman–Crippen MR) is 84.7 cm³/mol. The minimum Gasteiger partial charge on any atom is -0.368 e. The highest BCUT2D eigenvalue weighted by molar-refractivity contribution is 5.28. The number of benzene rings is 1. The van der Waals surface area contributed by atoms with Crippen molar-refractivity contribution in [2.24, 2.45) is 11.7 Å². The number of ether oxygens (including phenoxy) is 1. The van der Waals surface area contributed by atoms with E-state index >= 15 is 0 Å². The van der Waals surface area contributed by atoms with E-state index in [4.69, 9.17) is 10.5 Å². The predicted octanol–water partition coefficient (Wildman–Crippen LogP) is 4.37. The molecule has 20 heavy (non-hydrogen) atoms. The zero-order valence-electron chi connectivity index (χ0n) is 13.1. The van der Waals surface area contributed by atoms with Crippen molar-refractivity contribution in [1.29, 1.82) is 0 Å². The SMILES string of the molecule is CCC(N)C(OC1CCCCC1C)c1ccccc1C. The van der Waals surface area contributed by atoms with Gasteiger partial charge in [0.05, 0.1) is 12.2 Å². The fraction of sp³-hybridized carbons (Fsp3) is 0.667. The summed E-state index contributed by atoms with van der Waals surface area (Å²) in [6.07, 6.45) is 6.44. The summed E-state index contributed by atoms with van der Waals surface area (Å²) in [5.41, 5.74) is 8.90. The molecule has 0 aliphatic heterocycles. The maximum atomic E-state index is 6.50. The summed E-state index contributed by atoms with van der Waals surface area (Å²) < 4.78 is 6.50. The molecule has 2 rings (SSSR count). The zero-order chi connectivity index (χ0) is 14.5. The molecule has 1 saturated carbocycles. The average Bonchev–Trinajstić information content (AvgIpc) is 2.47. The maximum Gasteiger partial charge on any atom is 0.0982 e. The minimum atomic E-state index is 0.0340. The first-order chi connectivity index (χ1) is 9.63. The third kappa shape index (κ3) is 3.62. The van der Waals surface area contributed by atoms with Crippen LogP contribution in [0.5, 0.6) is 0 Å². The van der Waals surface area contributed by atoms with Crippen molar-refractivity contribution < 1.29 is 4.74 Å². The number of aryl methyl sites for hydroxylation is 1.